The summed E-state index contributed by atoms with van der Waals surface area (Å²) in [5.74, 6) is -0.844. The predicted molar refractivity (Wildman–Crippen MR) is 83.4 cm³/mol. The van der Waals surface area contributed by atoms with Crippen molar-refractivity contribution < 1.29 is 22.7 Å². The Morgan fingerprint density at radius 1 is 1.50 bits per heavy atom. The van der Waals surface area contributed by atoms with Crippen molar-refractivity contribution in [1.82, 2.24) is 5.32 Å². The number of sulfone groups is 1. The van der Waals surface area contributed by atoms with E-state index in [0.29, 0.717) is 12.8 Å². The van der Waals surface area contributed by atoms with E-state index in [2.05, 4.69) is 5.32 Å². The lowest BCUT2D eigenvalue weighted by atomic mass is 10.2. The van der Waals surface area contributed by atoms with Crippen LogP contribution in [0, 0.1) is 0 Å². The highest BCUT2D eigenvalue weighted by Crippen LogP contribution is 2.12. The average Bonchev–Trinajstić information content (AvgIpc) is 3.06. The topological polar surface area (TPSA) is 89.5 Å². The highest BCUT2D eigenvalue weighted by atomic mass is 32.2. The predicted octanol–water partition coefficient (Wildman–Crippen LogP) is 0.916. The third kappa shape index (κ3) is 5.10. The Labute approximate surface area is 133 Å². The summed E-state index contributed by atoms with van der Waals surface area (Å²) < 4.78 is 27.7. The van der Waals surface area contributed by atoms with E-state index in [1.54, 1.807) is 11.3 Å². The van der Waals surface area contributed by atoms with Gasteiger partial charge < -0.3 is 10.1 Å². The van der Waals surface area contributed by atoms with Crippen LogP contribution >= 0.6 is 11.3 Å². The summed E-state index contributed by atoms with van der Waals surface area (Å²) in [6.07, 6.45) is 0.287. The Bertz CT molecular complexity index is 624. The lowest BCUT2D eigenvalue weighted by Crippen LogP contribution is -2.42. The third-order valence-corrected chi connectivity index (χ3v) is 5.95. The van der Waals surface area contributed by atoms with E-state index in [1.165, 1.54) is 6.92 Å². The molecule has 1 saturated heterocycles. The molecule has 0 aromatic carbocycles. The summed E-state index contributed by atoms with van der Waals surface area (Å²) in [5.41, 5.74) is 1.07. The molecular formula is C14H19NO5S2. The fourth-order valence-electron chi connectivity index (χ4n) is 2.22. The molecule has 1 aromatic heterocycles. The SMILES string of the molecule is C[C@H](OC(=O)CCc1ccsc1)C(=O)N[C@H]1CCS(=O)(=O)C1. The number of hydrogen-bond donors (Lipinski definition) is 1. The molecule has 22 heavy (non-hydrogen) atoms. The van der Waals surface area contributed by atoms with Crippen LogP contribution in [0.15, 0.2) is 16.8 Å². The molecule has 1 aromatic rings. The van der Waals surface area contributed by atoms with E-state index >= 15 is 0 Å². The van der Waals surface area contributed by atoms with Gasteiger partial charge in [0.2, 0.25) is 0 Å². The molecule has 6 nitrogen and oxygen atoms in total. The van der Waals surface area contributed by atoms with E-state index in [9.17, 15) is 18.0 Å². The van der Waals surface area contributed by atoms with Gasteiger partial charge in [-0.3, -0.25) is 9.59 Å². The second-order valence-corrected chi connectivity index (χ2v) is 8.38. The van der Waals surface area contributed by atoms with Crippen LogP contribution in [0.1, 0.15) is 25.3 Å². The number of carbonyl (C=O) groups excluding carboxylic acids is 2. The van der Waals surface area contributed by atoms with E-state index < -0.39 is 27.8 Å². The van der Waals surface area contributed by atoms with Crippen LogP contribution in [0.3, 0.4) is 0 Å². The number of esters is 1. The highest BCUT2D eigenvalue weighted by molar-refractivity contribution is 7.91. The first-order valence-electron chi connectivity index (χ1n) is 7.07. The van der Waals surface area contributed by atoms with Gasteiger partial charge in [0, 0.05) is 12.5 Å². The molecule has 2 heterocycles. The molecule has 122 valence electrons. The van der Waals surface area contributed by atoms with Crippen molar-refractivity contribution in [3.8, 4) is 0 Å². The van der Waals surface area contributed by atoms with Crippen LogP contribution in [0.4, 0.5) is 0 Å². The van der Waals surface area contributed by atoms with Crippen molar-refractivity contribution in [3.05, 3.63) is 22.4 Å². The number of amides is 1. The highest BCUT2D eigenvalue weighted by Gasteiger charge is 2.30. The van der Waals surface area contributed by atoms with Gasteiger partial charge >= 0.3 is 5.97 Å². The molecular weight excluding hydrogens is 326 g/mol. The molecule has 2 rings (SSSR count). The van der Waals surface area contributed by atoms with E-state index in [1.807, 2.05) is 16.8 Å². The molecule has 0 radical (unpaired) electrons. The van der Waals surface area contributed by atoms with Gasteiger partial charge in [-0.2, -0.15) is 11.3 Å². The molecule has 1 amide bonds. The molecule has 0 unspecified atom stereocenters. The maximum atomic E-state index is 11.9. The molecule has 1 fully saturated rings. The number of ether oxygens (including phenoxy) is 1. The van der Waals surface area contributed by atoms with Crippen molar-refractivity contribution in [2.75, 3.05) is 11.5 Å². The van der Waals surface area contributed by atoms with Crippen LogP contribution in [0.25, 0.3) is 0 Å². The van der Waals surface area contributed by atoms with Gasteiger partial charge in [-0.25, -0.2) is 8.42 Å². The summed E-state index contributed by atoms with van der Waals surface area (Å²) in [6.45, 7) is 1.49. The summed E-state index contributed by atoms with van der Waals surface area (Å²) in [5, 5.41) is 6.51. The van der Waals surface area contributed by atoms with E-state index in [4.69, 9.17) is 4.74 Å². The molecule has 1 aliphatic rings. The van der Waals surface area contributed by atoms with Crippen molar-refractivity contribution in [2.45, 2.75) is 38.3 Å². The average molecular weight is 345 g/mol. The van der Waals surface area contributed by atoms with Crippen molar-refractivity contribution >= 4 is 33.1 Å². The zero-order chi connectivity index (χ0) is 16.2. The number of carbonyl (C=O) groups is 2. The first-order chi connectivity index (χ1) is 10.4. The quantitative estimate of drug-likeness (QED) is 0.774. The third-order valence-electron chi connectivity index (χ3n) is 3.45. The minimum atomic E-state index is -3.05. The monoisotopic (exact) mass is 345 g/mol. The van der Waals surface area contributed by atoms with E-state index in [-0.39, 0.29) is 24.0 Å². The lowest BCUT2D eigenvalue weighted by Gasteiger charge is -2.16. The first kappa shape index (κ1) is 17.0. The molecule has 1 aliphatic heterocycles. The van der Waals surface area contributed by atoms with Crippen molar-refractivity contribution in [3.63, 3.8) is 0 Å². The van der Waals surface area contributed by atoms with Gasteiger partial charge in [0.25, 0.3) is 5.91 Å². The summed E-state index contributed by atoms with van der Waals surface area (Å²) in [7, 11) is -3.05. The molecule has 1 N–H and O–H groups in total. The molecule has 0 spiro atoms. The largest absolute Gasteiger partial charge is 0.453 e. The summed E-state index contributed by atoms with van der Waals surface area (Å²) in [6, 6.07) is 1.55. The van der Waals surface area contributed by atoms with Gasteiger partial charge in [-0.15, -0.1) is 0 Å². The minimum absolute atomic E-state index is 0.0441. The Kier molecular flexibility index (Phi) is 5.57. The van der Waals surface area contributed by atoms with Crippen LogP contribution in [0.2, 0.25) is 0 Å². The zero-order valence-corrected chi connectivity index (χ0v) is 13.9. The normalized spacial score (nSPS) is 21.2. The van der Waals surface area contributed by atoms with Gasteiger partial charge in [0.15, 0.2) is 15.9 Å². The zero-order valence-electron chi connectivity index (χ0n) is 12.3. The molecule has 0 bridgehead atoms. The summed E-state index contributed by atoms with van der Waals surface area (Å²) in [4.78, 5) is 23.6. The van der Waals surface area contributed by atoms with Gasteiger partial charge in [-0.05, 0) is 42.2 Å². The van der Waals surface area contributed by atoms with Crippen molar-refractivity contribution in [1.29, 1.82) is 0 Å². The molecule has 0 aliphatic carbocycles. The number of aryl methyl sites for hydroxylation is 1. The Hall–Kier alpha value is -1.41. The fourth-order valence-corrected chi connectivity index (χ4v) is 4.59. The second-order valence-electron chi connectivity index (χ2n) is 5.37. The molecule has 8 heteroatoms. The Balaban J connectivity index is 1.72. The van der Waals surface area contributed by atoms with Crippen LogP contribution < -0.4 is 5.32 Å². The minimum Gasteiger partial charge on any atom is -0.453 e. The first-order valence-corrected chi connectivity index (χ1v) is 9.83. The number of thiophene rings is 1. The Morgan fingerprint density at radius 3 is 2.86 bits per heavy atom. The second kappa shape index (κ2) is 7.23. The number of nitrogens with one attached hydrogen (secondary N) is 1. The van der Waals surface area contributed by atoms with E-state index in [0.717, 1.165) is 5.56 Å². The van der Waals surface area contributed by atoms with Crippen LogP contribution in [-0.2, 0) is 30.6 Å². The van der Waals surface area contributed by atoms with Gasteiger partial charge in [0.1, 0.15) is 0 Å². The number of rotatable bonds is 6. The summed E-state index contributed by atoms with van der Waals surface area (Å²) >= 11 is 1.56. The smallest absolute Gasteiger partial charge is 0.306 e. The molecule has 0 saturated carbocycles. The maximum absolute atomic E-state index is 11.9. The lowest BCUT2D eigenvalue weighted by molar-refractivity contribution is -0.155. The fraction of sp³-hybridized carbons (Fsp3) is 0.571. The van der Waals surface area contributed by atoms with Gasteiger partial charge in [0.05, 0.1) is 11.5 Å². The standard InChI is InChI=1S/C14H19NO5S2/c1-10(14(17)15-12-5-7-22(18,19)9-12)20-13(16)3-2-11-4-6-21-8-11/h4,6,8,10,12H,2-3,5,7,9H2,1H3,(H,15,17)/t10-,12-/m0/s1. The maximum Gasteiger partial charge on any atom is 0.306 e. The number of hydrogen-bond acceptors (Lipinski definition) is 6. The van der Waals surface area contributed by atoms with Crippen molar-refractivity contribution in [2.24, 2.45) is 0 Å². The van der Waals surface area contributed by atoms with Crippen LogP contribution in [-0.4, -0.2) is 43.9 Å². The Morgan fingerprint density at radius 2 is 2.27 bits per heavy atom. The van der Waals surface area contributed by atoms with Gasteiger partial charge in [-0.1, -0.05) is 0 Å². The van der Waals surface area contributed by atoms with Crippen LogP contribution in [0.5, 0.6) is 0 Å². The molecule has 2 atom stereocenters.